The number of ether oxygens (including phenoxy) is 3. The predicted octanol–water partition coefficient (Wildman–Crippen LogP) is 4.45. The number of morpholine rings is 1. The number of hydrogen-bond donors (Lipinski definition) is 0. The summed E-state index contributed by atoms with van der Waals surface area (Å²) < 4.78 is 18.8. The van der Waals surface area contributed by atoms with Gasteiger partial charge in [0.2, 0.25) is 0 Å². The molecule has 2 aromatic carbocycles. The first-order valence-electron chi connectivity index (χ1n) is 11.9. The third kappa shape index (κ3) is 6.14. The van der Waals surface area contributed by atoms with Crippen molar-refractivity contribution in [3.05, 3.63) is 61.6 Å². The second-order valence-corrected chi connectivity index (χ2v) is 9.96. The van der Waals surface area contributed by atoms with Gasteiger partial charge in [-0.2, -0.15) is 9.78 Å². The fraction of sp³-hybridized carbons (Fsp3) is 0.385. The highest BCUT2D eigenvalue weighted by atomic mass is 79.9. The Morgan fingerprint density at radius 3 is 2.76 bits per heavy atom. The summed E-state index contributed by atoms with van der Waals surface area (Å²) in [5, 5.41) is 5.34. The van der Waals surface area contributed by atoms with Crippen molar-refractivity contribution in [1.29, 1.82) is 0 Å². The summed E-state index contributed by atoms with van der Waals surface area (Å²) in [5.41, 5.74) is 0.761. The molecule has 1 aromatic heterocycles. The zero-order valence-corrected chi connectivity index (χ0v) is 23.2. The van der Waals surface area contributed by atoms with E-state index in [0.717, 1.165) is 10.9 Å². The monoisotopic (exact) mass is 590 g/mol. The van der Waals surface area contributed by atoms with Crippen LogP contribution in [0.4, 0.5) is 0 Å². The molecule has 0 aliphatic carbocycles. The topological polar surface area (TPSA) is 95.2 Å². The van der Waals surface area contributed by atoms with Crippen LogP contribution in [-0.2, 0) is 9.53 Å². The molecule has 1 atom stereocenters. The van der Waals surface area contributed by atoms with E-state index >= 15 is 0 Å². The predicted molar refractivity (Wildman–Crippen MR) is 146 cm³/mol. The molecule has 0 bridgehead atoms. The smallest absolute Gasteiger partial charge is 0.282 e. The number of rotatable bonds is 8. The molecule has 1 fully saturated rings. The first-order valence-corrected chi connectivity index (χ1v) is 13.1. The Bertz CT molecular complexity index is 1390. The van der Waals surface area contributed by atoms with Gasteiger partial charge < -0.3 is 19.1 Å². The fourth-order valence-electron chi connectivity index (χ4n) is 3.93. The van der Waals surface area contributed by atoms with Crippen LogP contribution in [-0.4, -0.2) is 66.7 Å². The molecule has 0 saturated carbocycles. The third-order valence-electron chi connectivity index (χ3n) is 6.17. The minimum absolute atomic E-state index is 0.0198. The Labute approximate surface area is 228 Å². The first kappa shape index (κ1) is 27.1. The van der Waals surface area contributed by atoms with E-state index in [4.69, 9.17) is 30.8 Å². The maximum absolute atomic E-state index is 13.5. The summed E-state index contributed by atoms with van der Waals surface area (Å²) in [5.74, 6) is 1.000. The number of halogens is 2. The molecule has 9 nitrogen and oxygen atoms in total. The van der Waals surface area contributed by atoms with Crippen molar-refractivity contribution in [1.82, 2.24) is 14.6 Å². The van der Waals surface area contributed by atoms with Crippen LogP contribution in [0, 0.1) is 0 Å². The molecule has 1 aliphatic rings. The number of carbonyl (C=O) groups excluding carboxylic acids is 1. The zero-order valence-electron chi connectivity index (χ0n) is 20.9. The molecule has 0 N–H and O–H groups in total. The summed E-state index contributed by atoms with van der Waals surface area (Å²) in [6.07, 6.45) is 2.24. The van der Waals surface area contributed by atoms with Gasteiger partial charge in [0.25, 0.3) is 11.5 Å². The minimum Gasteiger partial charge on any atom is -0.493 e. The Balaban J connectivity index is 1.74. The lowest BCUT2D eigenvalue weighted by Gasteiger charge is -2.27. The van der Waals surface area contributed by atoms with Gasteiger partial charge in [0.05, 0.1) is 37.4 Å². The van der Waals surface area contributed by atoms with Gasteiger partial charge in [-0.3, -0.25) is 9.59 Å². The lowest BCUT2D eigenvalue weighted by atomic mass is 10.1. The van der Waals surface area contributed by atoms with Crippen LogP contribution in [0.5, 0.6) is 11.5 Å². The van der Waals surface area contributed by atoms with Gasteiger partial charge in [0.15, 0.2) is 18.1 Å². The van der Waals surface area contributed by atoms with Crippen LogP contribution in [0.2, 0.25) is 5.02 Å². The van der Waals surface area contributed by atoms with E-state index in [-0.39, 0.29) is 24.0 Å². The number of methoxy groups -OCH3 is 1. The number of benzene rings is 2. The average Bonchev–Trinajstić information content (AvgIpc) is 2.91. The largest absolute Gasteiger partial charge is 0.493 e. The molecule has 4 rings (SSSR count). The second kappa shape index (κ2) is 12.1. The number of carbonyl (C=O) groups is 1. The number of fused-ring (bicyclic) bond motifs is 1. The summed E-state index contributed by atoms with van der Waals surface area (Å²) in [6.45, 7) is 5.85. The van der Waals surface area contributed by atoms with Crippen LogP contribution in [0.25, 0.3) is 10.9 Å². The van der Waals surface area contributed by atoms with Crippen molar-refractivity contribution in [3.8, 4) is 11.5 Å². The third-order valence-corrected chi connectivity index (χ3v) is 6.88. The highest BCUT2D eigenvalue weighted by Crippen LogP contribution is 2.34. The van der Waals surface area contributed by atoms with Gasteiger partial charge in [-0.1, -0.05) is 41.4 Å². The van der Waals surface area contributed by atoms with E-state index in [1.54, 1.807) is 29.2 Å². The van der Waals surface area contributed by atoms with Crippen molar-refractivity contribution in [2.24, 2.45) is 5.10 Å². The number of hydrogen-bond acceptors (Lipinski definition) is 7. The molecular formula is C26H28BrClN4O5. The molecular weight excluding hydrogens is 564 g/mol. The molecule has 0 unspecified atom stereocenters. The standard InChI is InChI=1S/C26H28BrClN4O5/c1-4-16(2)25-30-21-6-5-18(27)12-20(21)26(34)32(25)29-14-17-11-19(28)13-22(35-3)24(17)37-15-23(33)31-7-9-36-10-8-31/h5-6,11-14,16H,4,7-10,15H2,1-3H3/t16-/m1/s1. The van der Waals surface area contributed by atoms with E-state index < -0.39 is 0 Å². The molecule has 0 radical (unpaired) electrons. The van der Waals surface area contributed by atoms with E-state index in [0.29, 0.717) is 65.1 Å². The molecule has 1 amide bonds. The molecule has 3 aromatic rings. The summed E-state index contributed by atoms with van der Waals surface area (Å²) in [7, 11) is 1.49. The van der Waals surface area contributed by atoms with Crippen LogP contribution in [0.1, 0.15) is 37.6 Å². The Hall–Kier alpha value is -2.95. The quantitative estimate of drug-likeness (QED) is 0.359. The highest BCUT2D eigenvalue weighted by molar-refractivity contribution is 9.10. The number of amides is 1. The van der Waals surface area contributed by atoms with E-state index in [1.165, 1.54) is 18.0 Å². The van der Waals surface area contributed by atoms with Gasteiger partial charge in [-0.25, -0.2) is 4.98 Å². The van der Waals surface area contributed by atoms with Gasteiger partial charge >= 0.3 is 0 Å². The van der Waals surface area contributed by atoms with Crippen molar-refractivity contribution in [2.45, 2.75) is 26.2 Å². The summed E-state index contributed by atoms with van der Waals surface area (Å²) in [4.78, 5) is 32.5. The summed E-state index contributed by atoms with van der Waals surface area (Å²) >= 11 is 9.75. The van der Waals surface area contributed by atoms with Crippen LogP contribution >= 0.6 is 27.5 Å². The van der Waals surface area contributed by atoms with E-state index in [1.807, 2.05) is 19.9 Å². The van der Waals surface area contributed by atoms with Gasteiger partial charge in [-0.15, -0.1) is 0 Å². The lowest BCUT2D eigenvalue weighted by Crippen LogP contribution is -2.43. The fourth-order valence-corrected chi connectivity index (χ4v) is 4.51. The zero-order chi connectivity index (χ0) is 26.5. The van der Waals surface area contributed by atoms with Crippen LogP contribution < -0.4 is 15.0 Å². The summed E-state index contributed by atoms with van der Waals surface area (Å²) in [6, 6.07) is 8.62. The van der Waals surface area contributed by atoms with Crippen molar-refractivity contribution >= 4 is 50.6 Å². The Morgan fingerprint density at radius 1 is 1.30 bits per heavy atom. The number of nitrogens with zero attached hydrogens (tertiary/aromatic N) is 4. The van der Waals surface area contributed by atoms with Gasteiger partial charge in [0, 0.05) is 40.1 Å². The first-order chi connectivity index (χ1) is 17.8. The van der Waals surface area contributed by atoms with E-state index in [9.17, 15) is 9.59 Å². The maximum atomic E-state index is 13.5. The maximum Gasteiger partial charge on any atom is 0.282 e. The van der Waals surface area contributed by atoms with Crippen molar-refractivity contribution in [2.75, 3.05) is 40.0 Å². The lowest BCUT2D eigenvalue weighted by molar-refractivity contribution is -0.137. The highest BCUT2D eigenvalue weighted by Gasteiger charge is 2.20. The number of aromatic nitrogens is 2. The van der Waals surface area contributed by atoms with Gasteiger partial charge in [0.1, 0.15) is 5.82 Å². The van der Waals surface area contributed by atoms with Crippen molar-refractivity contribution < 1.29 is 19.0 Å². The molecule has 1 saturated heterocycles. The second-order valence-electron chi connectivity index (χ2n) is 8.61. The average molecular weight is 592 g/mol. The molecule has 196 valence electrons. The molecule has 1 aliphatic heterocycles. The minimum atomic E-state index is -0.295. The molecule has 37 heavy (non-hydrogen) atoms. The molecule has 0 spiro atoms. The normalized spacial score (nSPS) is 14.8. The van der Waals surface area contributed by atoms with E-state index in [2.05, 4.69) is 21.0 Å². The van der Waals surface area contributed by atoms with Crippen LogP contribution in [0.15, 0.2) is 44.7 Å². The SMILES string of the molecule is CC[C@@H](C)c1nc2ccc(Br)cc2c(=O)n1N=Cc1cc(Cl)cc(OC)c1OCC(=O)N1CCOCC1. The Kier molecular flexibility index (Phi) is 8.83. The molecule has 2 heterocycles. The van der Waals surface area contributed by atoms with Crippen molar-refractivity contribution in [3.63, 3.8) is 0 Å². The van der Waals surface area contributed by atoms with Crippen LogP contribution in [0.3, 0.4) is 0 Å². The Morgan fingerprint density at radius 2 is 2.05 bits per heavy atom. The molecule has 11 heteroatoms. The van der Waals surface area contributed by atoms with Gasteiger partial charge in [-0.05, 0) is 30.7 Å².